The third kappa shape index (κ3) is 2.20. The van der Waals surface area contributed by atoms with Gasteiger partial charge in [0.2, 0.25) is 0 Å². The van der Waals surface area contributed by atoms with Crippen molar-refractivity contribution in [2.24, 2.45) is 0 Å². The van der Waals surface area contributed by atoms with Gasteiger partial charge in [0.1, 0.15) is 5.75 Å². The molecule has 0 bridgehead atoms. The predicted molar refractivity (Wildman–Crippen MR) is 63.4 cm³/mol. The average molecular weight is 224 g/mol. The largest absolute Gasteiger partial charge is 0.507 e. The molecule has 0 amide bonds. The lowest BCUT2D eigenvalue weighted by molar-refractivity contribution is 0.262. The molecule has 0 saturated carbocycles. The molecule has 0 aromatic heterocycles. The highest BCUT2D eigenvalue weighted by molar-refractivity contribution is 5.50. The number of aromatic hydroxyl groups is 1. The van der Waals surface area contributed by atoms with Gasteiger partial charge in [-0.15, -0.1) is 0 Å². The maximum atomic E-state index is 9.84. The van der Waals surface area contributed by atoms with Crippen LogP contribution in [0.5, 0.6) is 5.75 Å². The number of rotatable bonds is 2. The molecular formula is C13H20O3. The zero-order valence-corrected chi connectivity index (χ0v) is 10.3. The fraction of sp³-hybridized carbons (Fsp3) is 0.538. The molecule has 0 radical (unpaired) electrons. The number of hydrogen-bond donors (Lipinski definition) is 3. The summed E-state index contributed by atoms with van der Waals surface area (Å²) in [7, 11) is 0. The first-order valence-corrected chi connectivity index (χ1v) is 5.39. The number of hydrogen-bond acceptors (Lipinski definition) is 3. The van der Waals surface area contributed by atoms with Gasteiger partial charge in [0.15, 0.2) is 0 Å². The number of aliphatic hydroxyl groups is 2. The second-order valence-electron chi connectivity index (χ2n) is 5.10. The second-order valence-corrected chi connectivity index (χ2v) is 5.10. The van der Waals surface area contributed by atoms with Crippen molar-refractivity contribution in [2.45, 2.75) is 46.3 Å². The minimum absolute atomic E-state index is 0.00972. The van der Waals surface area contributed by atoms with Gasteiger partial charge < -0.3 is 15.3 Å². The van der Waals surface area contributed by atoms with Gasteiger partial charge in [-0.1, -0.05) is 20.8 Å². The normalized spacial score (nSPS) is 11.9. The van der Waals surface area contributed by atoms with Crippen molar-refractivity contribution in [1.82, 2.24) is 0 Å². The Morgan fingerprint density at radius 3 is 2.06 bits per heavy atom. The van der Waals surface area contributed by atoms with E-state index in [1.807, 2.05) is 13.0 Å². The molecule has 0 aliphatic rings. The van der Waals surface area contributed by atoms with Gasteiger partial charge in [0.25, 0.3) is 0 Å². The molecule has 1 rings (SSSR count). The van der Waals surface area contributed by atoms with Crippen LogP contribution in [0.4, 0.5) is 0 Å². The first-order chi connectivity index (χ1) is 7.32. The Balaban J connectivity index is 3.53. The van der Waals surface area contributed by atoms with Gasteiger partial charge in [-0.2, -0.15) is 0 Å². The molecule has 0 aliphatic carbocycles. The lowest BCUT2D eigenvalue weighted by atomic mass is 9.81. The van der Waals surface area contributed by atoms with Crippen molar-refractivity contribution in [3.63, 3.8) is 0 Å². The van der Waals surface area contributed by atoms with Gasteiger partial charge in [-0.3, -0.25) is 0 Å². The molecule has 3 N–H and O–H groups in total. The van der Waals surface area contributed by atoms with Crippen LogP contribution in [-0.4, -0.2) is 15.3 Å². The molecule has 3 nitrogen and oxygen atoms in total. The quantitative estimate of drug-likeness (QED) is 0.720. The van der Waals surface area contributed by atoms with Crippen molar-refractivity contribution < 1.29 is 15.3 Å². The van der Waals surface area contributed by atoms with Gasteiger partial charge in [0, 0.05) is 11.1 Å². The summed E-state index contributed by atoms with van der Waals surface area (Å²) >= 11 is 0. The fourth-order valence-electron chi connectivity index (χ4n) is 1.98. The highest BCUT2D eigenvalue weighted by atomic mass is 16.3. The summed E-state index contributed by atoms with van der Waals surface area (Å²) in [5.41, 5.74) is 2.84. The monoisotopic (exact) mass is 224 g/mol. The van der Waals surface area contributed by atoms with Crippen LogP contribution in [0, 0.1) is 6.92 Å². The molecule has 1 aromatic rings. The Bertz CT molecular complexity index is 389. The SMILES string of the molecule is Cc1c(C(C)(C)C)cc(CO)c(O)c1CO. The van der Waals surface area contributed by atoms with Crippen molar-refractivity contribution in [1.29, 1.82) is 0 Å². The molecule has 0 atom stereocenters. The van der Waals surface area contributed by atoms with Crippen LogP contribution in [0.1, 0.15) is 43.0 Å². The summed E-state index contributed by atoms with van der Waals surface area (Å²) in [6, 6.07) is 1.81. The third-order valence-electron chi connectivity index (χ3n) is 2.90. The smallest absolute Gasteiger partial charge is 0.126 e. The summed E-state index contributed by atoms with van der Waals surface area (Å²) in [4.78, 5) is 0. The Morgan fingerprint density at radius 2 is 1.69 bits per heavy atom. The molecule has 0 heterocycles. The van der Waals surface area contributed by atoms with E-state index in [-0.39, 0.29) is 24.4 Å². The van der Waals surface area contributed by atoms with Crippen molar-refractivity contribution in [3.8, 4) is 5.75 Å². The Morgan fingerprint density at radius 1 is 1.12 bits per heavy atom. The predicted octanol–water partition coefficient (Wildman–Crippen LogP) is 1.98. The van der Waals surface area contributed by atoms with Crippen molar-refractivity contribution >= 4 is 0 Å². The lowest BCUT2D eigenvalue weighted by Gasteiger charge is -2.25. The van der Waals surface area contributed by atoms with Crippen LogP contribution in [0.2, 0.25) is 0 Å². The third-order valence-corrected chi connectivity index (χ3v) is 2.90. The second kappa shape index (κ2) is 4.44. The van der Waals surface area contributed by atoms with Crippen LogP contribution in [0.3, 0.4) is 0 Å². The molecule has 0 saturated heterocycles. The maximum absolute atomic E-state index is 9.84. The van der Waals surface area contributed by atoms with E-state index in [9.17, 15) is 15.3 Å². The van der Waals surface area contributed by atoms with Crippen LogP contribution in [0.25, 0.3) is 0 Å². The van der Waals surface area contributed by atoms with Crippen molar-refractivity contribution in [3.05, 3.63) is 28.3 Å². The van der Waals surface area contributed by atoms with Gasteiger partial charge >= 0.3 is 0 Å². The molecule has 90 valence electrons. The van der Waals surface area contributed by atoms with E-state index in [0.29, 0.717) is 11.1 Å². The molecule has 0 unspecified atom stereocenters. The lowest BCUT2D eigenvalue weighted by Crippen LogP contribution is -2.15. The molecule has 0 spiro atoms. The van der Waals surface area contributed by atoms with E-state index in [2.05, 4.69) is 20.8 Å². The van der Waals surface area contributed by atoms with E-state index >= 15 is 0 Å². The first-order valence-electron chi connectivity index (χ1n) is 5.39. The number of phenols is 1. The molecule has 1 aromatic carbocycles. The summed E-state index contributed by atoms with van der Waals surface area (Å²) < 4.78 is 0. The Hall–Kier alpha value is -1.06. The van der Waals surface area contributed by atoms with E-state index in [0.717, 1.165) is 11.1 Å². The number of benzene rings is 1. The standard InChI is InChI=1S/C13H20O3/c1-8-10(7-15)12(16)9(6-14)5-11(8)13(2,3)4/h5,14-16H,6-7H2,1-4H3. The molecule has 0 fully saturated rings. The zero-order valence-electron chi connectivity index (χ0n) is 10.3. The van der Waals surface area contributed by atoms with E-state index < -0.39 is 0 Å². The van der Waals surface area contributed by atoms with Gasteiger partial charge in [-0.05, 0) is 29.5 Å². The maximum Gasteiger partial charge on any atom is 0.126 e. The summed E-state index contributed by atoms with van der Waals surface area (Å²) in [5.74, 6) is 0.00972. The molecular weight excluding hydrogens is 204 g/mol. The summed E-state index contributed by atoms with van der Waals surface area (Å²) in [5, 5.41) is 28.3. The van der Waals surface area contributed by atoms with Crippen LogP contribution < -0.4 is 0 Å². The zero-order chi connectivity index (χ0) is 12.5. The van der Waals surface area contributed by atoms with E-state index in [1.54, 1.807) is 0 Å². The molecule has 3 heteroatoms. The summed E-state index contributed by atoms with van der Waals surface area (Å²) in [6.45, 7) is 7.64. The minimum Gasteiger partial charge on any atom is -0.507 e. The minimum atomic E-state index is -0.220. The Kier molecular flexibility index (Phi) is 3.61. The van der Waals surface area contributed by atoms with Crippen LogP contribution in [0.15, 0.2) is 6.07 Å². The first kappa shape index (κ1) is 13.0. The van der Waals surface area contributed by atoms with E-state index in [1.165, 1.54) is 0 Å². The van der Waals surface area contributed by atoms with E-state index in [4.69, 9.17) is 0 Å². The fourth-order valence-corrected chi connectivity index (χ4v) is 1.98. The average Bonchev–Trinajstić information content (AvgIpc) is 2.17. The van der Waals surface area contributed by atoms with Crippen LogP contribution in [-0.2, 0) is 18.6 Å². The highest BCUT2D eigenvalue weighted by Crippen LogP contribution is 2.35. The highest BCUT2D eigenvalue weighted by Gasteiger charge is 2.21. The summed E-state index contributed by atoms with van der Waals surface area (Å²) in [6.07, 6.45) is 0. The van der Waals surface area contributed by atoms with Crippen molar-refractivity contribution in [2.75, 3.05) is 0 Å². The van der Waals surface area contributed by atoms with Gasteiger partial charge in [0.05, 0.1) is 13.2 Å². The topological polar surface area (TPSA) is 60.7 Å². The number of aliphatic hydroxyl groups excluding tert-OH is 2. The van der Waals surface area contributed by atoms with Crippen LogP contribution >= 0.6 is 0 Å². The van der Waals surface area contributed by atoms with Gasteiger partial charge in [-0.25, -0.2) is 0 Å². The Labute approximate surface area is 96.4 Å². The molecule has 0 aliphatic heterocycles. The molecule has 16 heavy (non-hydrogen) atoms.